The summed E-state index contributed by atoms with van der Waals surface area (Å²) in [5.41, 5.74) is 2.74. The quantitative estimate of drug-likeness (QED) is 0.833. The number of hydrogen-bond donors (Lipinski definition) is 1. The van der Waals surface area contributed by atoms with E-state index < -0.39 is 0 Å². The highest BCUT2D eigenvalue weighted by Gasteiger charge is 2.60. The minimum Gasteiger partial charge on any atom is -0.314 e. The molecule has 1 aromatic rings. The molecule has 0 aliphatic heterocycles. The largest absolute Gasteiger partial charge is 0.314 e. The van der Waals surface area contributed by atoms with Crippen LogP contribution in [0.1, 0.15) is 45.1 Å². The average Bonchev–Trinajstić information content (AvgIpc) is 3.06. The Morgan fingerprint density at radius 3 is 2.29 bits per heavy atom. The Bertz CT molecular complexity index is 381. The molecule has 92 valence electrons. The molecule has 17 heavy (non-hydrogen) atoms. The summed E-state index contributed by atoms with van der Waals surface area (Å²) < 4.78 is 0. The Morgan fingerprint density at radius 2 is 1.76 bits per heavy atom. The van der Waals surface area contributed by atoms with E-state index in [1.54, 1.807) is 5.56 Å². The van der Waals surface area contributed by atoms with Crippen molar-refractivity contribution in [1.82, 2.24) is 5.32 Å². The van der Waals surface area contributed by atoms with E-state index in [1.165, 1.54) is 25.7 Å². The molecule has 1 heteroatoms. The smallest absolute Gasteiger partial charge is 0.00884 e. The molecule has 0 aromatic heterocycles. The molecule has 1 spiro atoms. The summed E-state index contributed by atoms with van der Waals surface area (Å²) in [6.07, 6.45) is 5.76. The molecule has 2 fully saturated rings. The van der Waals surface area contributed by atoms with Gasteiger partial charge in [0, 0.05) is 18.0 Å². The predicted octanol–water partition coefficient (Wildman–Crippen LogP) is 3.50. The van der Waals surface area contributed by atoms with Crippen LogP contribution in [0, 0.1) is 5.41 Å². The van der Waals surface area contributed by atoms with Crippen molar-refractivity contribution in [2.75, 3.05) is 6.54 Å². The molecule has 1 nitrogen and oxygen atoms in total. The molecule has 0 radical (unpaired) electrons. The van der Waals surface area contributed by atoms with Crippen molar-refractivity contribution in [3.8, 4) is 0 Å². The van der Waals surface area contributed by atoms with Crippen LogP contribution in [0.15, 0.2) is 30.3 Å². The minimum atomic E-state index is 0.433. The number of nitrogens with one attached hydrogen (secondary N) is 1. The lowest BCUT2D eigenvalue weighted by molar-refractivity contribution is 0.114. The molecule has 0 amide bonds. The van der Waals surface area contributed by atoms with Gasteiger partial charge in [-0.15, -0.1) is 0 Å². The summed E-state index contributed by atoms with van der Waals surface area (Å²) in [7, 11) is 0. The monoisotopic (exact) mass is 229 g/mol. The number of benzene rings is 1. The van der Waals surface area contributed by atoms with Gasteiger partial charge in [-0.2, -0.15) is 0 Å². The van der Waals surface area contributed by atoms with Crippen molar-refractivity contribution in [2.45, 2.75) is 51.0 Å². The lowest BCUT2D eigenvalue weighted by atomic mass is 9.56. The molecular formula is C16H23N. The fourth-order valence-corrected chi connectivity index (χ4v) is 3.54. The van der Waals surface area contributed by atoms with Gasteiger partial charge < -0.3 is 5.32 Å². The van der Waals surface area contributed by atoms with Gasteiger partial charge in [0.15, 0.2) is 0 Å². The van der Waals surface area contributed by atoms with Gasteiger partial charge in [0.05, 0.1) is 0 Å². The minimum absolute atomic E-state index is 0.433. The third-order valence-corrected chi connectivity index (χ3v) is 4.62. The van der Waals surface area contributed by atoms with Crippen molar-refractivity contribution in [3.05, 3.63) is 35.9 Å². The number of hydrogen-bond acceptors (Lipinski definition) is 1. The average molecular weight is 229 g/mol. The first-order valence-electron chi connectivity index (χ1n) is 6.93. The van der Waals surface area contributed by atoms with Crippen LogP contribution >= 0.6 is 0 Å². The van der Waals surface area contributed by atoms with E-state index in [0.717, 1.165) is 12.0 Å². The highest BCUT2D eigenvalue weighted by molar-refractivity contribution is 5.33. The van der Waals surface area contributed by atoms with Crippen LogP contribution in [-0.2, 0) is 5.41 Å². The van der Waals surface area contributed by atoms with Gasteiger partial charge in [0.2, 0.25) is 0 Å². The maximum Gasteiger partial charge on any atom is 0.00884 e. The fourth-order valence-electron chi connectivity index (χ4n) is 3.54. The fraction of sp³-hybridized carbons (Fsp3) is 0.625. The van der Waals surface area contributed by atoms with E-state index in [4.69, 9.17) is 0 Å². The van der Waals surface area contributed by atoms with Crippen molar-refractivity contribution < 1.29 is 0 Å². The van der Waals surface area contributed by atoms with Crippen molar-refractivity contribution in [1.29, 1.82) is 0 Å². The van der Waals surface area contributed by atoms with E-state index in [-0.39, 0.29) is 0 Å². The maximum absolute atomic E-state index is 3.65. The lowest BCUT2D eigenvalue weighted by Crippen LogP contribution is -2.50. The van der Waals surface area contributed by atoms with Crippen molar-refractivity contribution in [3.63, 3.8) is 0 Å². The second-order valence-corrected chi connectivity index (χ2v) is 6.54. The van der Waals surface area contributed by atoms with Crippen LogP contribution in [0.5, 0.6) is 0 Å². The molecular weight excluding hydrogens is 206 g/mol. The Kier molecular flexibility index (Phi) is 2.55. The van der Waals surface area contributed by atoms with E-state index in [9.17, 15) is 0 Å². The lowest BCUT2D eigenvalue weighted by Gasteiger charge is -2.50. The Balaban J connectivity index is 1.78. The molecule has 1 N–H and O–H groups in total. The van der Waals surface area contributed by atoms with Gasteiger partial charge in [-0.1, -0.05) is 44.2 Å². The molecule has 0 atom stereocenters. The second-order valence-electron chi connectivity index (χ2n) is 6.54. The summed E-state index contributed by atoms with van der Waals surface area (Å²) in [5.74, 6) is 0. The molecule has 0 unspecified atom stereocenters. The van der Waals surface area contributed by atoms with Gasteiger partial charge in [-0.05, 0) is 36.7 Å². The summed E-state index contributed by atoms with van der Waals surface area (Å²) in [4.78, 5) is 0. The van der Waals surface area contributed by atoms with Gasteiger partial charge in [0.1, 0.15) is 0 Å². The molecule has 1 aromatic carbocycles. The van der Waals surface area contributed by atoms with E-state index in [0.29, 0.717) is 11.5 Å². The predicted molar refractivity (Wildman–Crippen MR) is 72.2 cm³/mol. The first kappa shape index (κ1) is 11.3. The van der Waals surface area contributed by atoms with Crippen LogP contribution in [0.4, 0.5) is 0 Å². The highest BCUT2D eigenvalue weighted by atomic mass is 14.9. The molecule has 3 rings (SSSR count). The first-order chi connectivity index (χ1) is 8.14. The molecule has 0 saturated heterocycles. The topological polar surface area (TPSA) is 12.0 Å². The Morgan fingerprint density at radius 1 is 1.12 bits per heavy atom. The zero-order valence-corrected chi connectivity index (χ0v) is 11.0. The van der Waals surface area contributed by atoms with Gasteiger partial charge in [-0.3, -0.25) is 0 Å². The summed E-state index contributed by atoms with van der Waals surface area (Å²) >= 11 is 0. The molecule has 2 aliphatic rings. The Hall–Kier alpha value is -0.820. The SMILES string of the molecule is CC(C)NCC1(c2ccccc2)CC2(CC2)C1. The van der Waals surface area contributed by atoms with Crippen molar-refractivity contribution >= 4 is 0 Å². The van der Waals surface area contributed by atoms with Crippen LogP contribution < -0.4 is 5.32 Å². The first-order valence-corrected chi connectivity index (χ1v) is 6.93. The Labute approximate surface area is 105 Å². The van der Waals surface area contributed by atoms with Gasteiger partial charge in [-0.25, -0.2) is 0 Å². The van der Waals surface area contributed by atoms with Crippen LogP contribution in [0.3, 0.4) is 0 Å². The number of rotatable bonds is 4. The molecule has 2 aliphatic carbocycles. The maximum atomic E-state index is 3.65. The van der Waals surface area contributed by atoms with Crippen molar-refractivity contribution in [2.24, 2.45) is 5.41 Å². The van der Waals surface area contributed by atoms with Crippen LogP contribution in [-0.4, -0.2) is 12.6 Å². The van der Waals surface area contributed by atoms with E-state index in [1.807, 2.05) is 0 Å². The zero-order chi connectivity index (χ0) is 11.9. The standard InChI is InChI=1S/C16H23N/c1-13(2)17-12-16(10-15(11-16)8-9-15)14-6-4-3-5-7-14/h3-7,13,17H,8-12H2,1-2H3. The summed E-state index contributed by atoms with van der Waals surface area (Å²) in [5, 5.41) is 3.65. The summed E-state index contributed by atoms with van der Waals surface area (Å²) in [6.45, 7) is 5.63. The molecule has 2 saturated carbocycles. The third kappa shape index (κ3) is 2.01. The second kappa shape index (κ2) is 3.84. The van der Waals surface area contributed by atoms with Gasteiger partial charge in [0.25, 0.3) is 0 Å². The third-order valence-electron chi connectivity index (χ3n) is 4.62. The highest BCUT2D eigenvalue weighted by Crippen LogP contribution is 2.68. The molecule has 0 heterocycles. The van der Waals surface area contributed by atoms with Crippen LogP contribution in [0.25, 0.3) is 0 Å². The normalized spacial score (nSPS) is 23.7. The van der Waals surface area contributed by atoms with Crippen LogP contribution in [0.2, 0.25) is 0 Å². The van der Waals surface area contributed by atoms with E-state index in [2.05, 4.69) is 49.5 Å². The van der Waals surface area contributed by atoms with Gasteiger partial charge >= 0.3 is 0 Å². The summed E-state index contributed by atoms with van der Waals surface area (Å²) in [6, 6.07) is 11.7. The van der Waals surface area contributed by atoms with E-state index >= 15 is 0 Å². The molecule has 0 bridgehead atoms. The zero-order valence-electron chi connectivity index (χ0n) is 11.0.